The van der Waals surface area contributed by atoms with Crippen molar-refractivity contribution < 1.29 is 20.1 Å². The van der Waals surface area contributed by atoms with Gasteiger partial charge in [0.15, 0.2) is 6.23 Å². The lowest BCUT2D eigenvalue weighted by atomic mass is 10.1. The molecule has 10 heteroatoms. The summed E-state index contributed by atoms with van der Waals surface area (Å²) in [6.45, 7) is -0.593. The van der Waals surface area contributed by atoms with Crippen molar-refractivity contribution in [2.45, 2.75) is 24.5 Å². The molecule has 0 spiro atoms. The van der Waals surface area contributed by atoms with Gasteiger partial charge in [0.2, 0.25) is 0 Å². The molecule has 0 radical (unpaired) electrons. The highest BCUT2D eigenvalue weighted by Crippen LogP contribution is 2.26. The van der Waals surface area contributed by atoms with E-state index in [-0.39, 0.29) is 0 Å². The van der Waals surface area contributed by atoms with E-state index in [0.717, 1.165) is 0 Å². The van der Waals surface area contributed by atoms with Gasteiger partial charge in [-0.05, 0) is 0 Å². The standard InChI is InChI=1S/C8H11N3O7/c12-1-2-3(13)4(14)5(18-2)11-7(16)9-6(15)10-8(11)17/h2-5,12-14H,1H2,(H2,9,10,15,16,17)/t2-,3+,4+,5-/m1/s1. The zero-order valence-corrected chi connectivity index (χ0v) is 8.94. The molecule has 0 saturated carbocycles. The van der Waals surface area contributed by atoms with Crippen LogP contribution in [0, 0.1) is 0 Å². The zero-order chi connectivity index (χ0) is 13.4. The van der Waals surface area contributed by atoms with Crippen LogP contribution in [-0.2, 0) is 4.74 Å². The first kappa shape index (κ1) is 12.7. The van der Waals surface area contributed by atoms with E-state index in [1.165, 1.54) is 0 Å². The molecule has 4 atom stereocenters. The molecule has 1 fully saturated rings. The predicted octanol–water partition coefficient (Wildman–Crippen LogP) is -4.16. The molecule has 1 aromatic rings. The first-order valence-electron chi connectivity index (χ1n) is 5.03. The van der Waals surface area contributed by atoms with E-state index in [1.807, 2.05) is 0 Å². The molecule has 0 unspecified atom stereocenters. The van der Waals surface area contributed by atoms with Crippen LogP contribution in [0.3, 0.4) is 0 Å². The molecule has 0 aromatic carbocycles. The molecule has 1 aliphatic heterocycles. The number of hydrogen-bond acceptors (Lipinski definition) is 7. The number of rotatable bonds is 2. The fourth-order valence-corrected chi connectivity index (χ4v) is 1.76. The average molecular weight is 261 g/mol. The van der Waals surface area contributed by atoms with Crippen LogP contribution in [0.5, 0.6) is 0 Å². The molecule has 2 heterocycles. The van der Waals surface area contributed by atoms with Crippen LogP contribution < -0.4 is 17.1 Å². The van der Waals surface area contributed by atoms with Crippen molar-refractivity contribution in [1.82, 2.24) is 14.5 Å². The zero-order valence-electron chi connectivity index (χ0n) is 8.94. The normalized spacial score (nSPS) is 31.7. The Kier molecular flexibility index (Phi) is 3.17. The Morgan fingerprint density at radius 1 is 1.11 bits per heavy atom. The Morgan fingerprint density at radius 3 is 2.11 bits per heavy atom. The van der Waals surface area contributed by atoms with Crippen molar-refractivity contribution in [3.05, 3.63) is 31.5 Å². The SMILES string of the molecule is O=c1[nH]c(=O)n([C@@H]2O[C@H](CO)[C@H](O)[C@@H]2O)c(=O)[nH]1. The number of aliphatic hydroxyl groups is 3. The second-order valence-electron chi connectivity index (χ2n) is 3.79. The largest absolute Gasteiger partial charge is 0.394 e. The third-order valence-electron chi connectivity index (χ3n) is 2.65. The summed E-state index contributed by atoms with van der Waals surface area (Å²) in [7, 11) is 0. The van der Waals surface area contributed by atoms with E-state index in [9.17, 15) is 24.6 Å². The second kappa shape index (κ2) is 4.49. The summed E-state index contributed by atoms with van der Waals surface area (Å²) < 4.78 is 5.42. The lowest BCUT2D eigenvalue weighted by Crippen LogP contribution is -2.47. The van der Waals surface area contributed by atoms with Crippen LogP contribution in [0.15, 0.2) is 14.4 Å². The van der Waals surface area contributed by atoms with Gasteiger partial charge >= 0.3 is 17.1 Å². The maximum absolute atomic E-state index is 11.4. The van der Waals surface area contributed by atoms with Crippen molar-refractivity contribution in [3.8, 4) is 0 Å². The minimum atomic E-state index is -1.58. The van der Waals surface area contributed by atoms with Gasteiger partial charge in [-0.1, -0.05) is 0 Å². The summed E-state index contributed by atoms with van der Waals surface area (Å²) in [5, 5.41) is 28.0. The quantitative estimate of drug-likeness (QED) is 0.361. The number of ether oxygens (including phenoxy) is 1. The second-order valence-corrected chi connectivity index (χ2v) is 3.79. The van der Waals surface area contributed by atoms with E-state index in [1.54, 1.807) is 9.97 Å². The van der Waals surface area contributed by atoms with Gasteiger partial charge in [-0.3, -0.25) is 9.97 Å². The number of aromatic amines is 2. The summed E-state index contributed by atoms with van der Waals surface area (Å²) in [6.07, 6.45) is -5.63. The van der Waals surface area contributed by atoms with Crippen molar-refractivity contribution in [2.75, 3.05) is 6.61 Å². The summed E-state index contributed by atoms with van der Waals surface area (Å²) in [4.78, 5) is 37.3. The Labute approximate surface area is 98.1 Å². The molecule has 0 bridgehead atoms. The minimum Gasteiger partial charge on any atom is -0.394 e. The van der Waals surface area contributed by atoms with Crippen LogP contribution in [0.1, 0.15) is 6.23 Å². The molecule has 10 nitrogen and oxygen atoms in total. The molecule has 1 saturated heterocycles. The minimum absolute atomic E-state index is 0.422. The molecule has 2 rings (SSSR count). The number of nitrogens with one attached hydrogen (secondary N) is 2. The van der Waals surface area contributed by atoms with Gasteiger partial charge in [-0.15, -0.1) is 0 Å². The number of aromatic nitrogens is 3. The Balaban J connectivity index is 2.48. The summed E-state index contributed by atoms with van der Waals surface area (Å²) in [6, 6.07) is 0. The molecular weight excluding hydrogens is 250 g/mol. The lowest BCUT2D eigenvalue weighted by molar-refractivity contribution is -0.0572. The van der Waals surface area contributed by atoms with E-state index >= 15 is 0 Å². The summed E-state index contributed by atoms with van der Waals surface area (Å²) in [5.41, 5.74) is -3.16. The molecule has 5 N–H and O–H groups in total. The van der Waals surface area contributed by atoms with Crippen molar-refractivity contribution in [2.24, 2.45) is 0 Å². The number of nitrogens with zero attached hydrogens (tertiary/aromatic N) is 1. The fourth-order valence-electron chi connectivity index (χ4n) is 1.76. The highest BCUT2D eigenvalue weighted by molar-refractivity contribution is 4.90. The molecule has 18 heavy (non-hydrogen) atoms. The third-order valence-corrected chi connectivity index (χ3v) is 2.65. The average Bonchev–Trinajstić information content (AvgIpc) is 2.56. The van der Waals surface area contributed by atoms with Crippen LogP contribution in [0.25, 0.3) is 0 Å². The van der Waals surface area contributed by atoms with Gasteiger partial charge < -0.3 is 20.1 Å². The first-order chi connectivity index (χ1) is 8.45. The van der Waals surface area contributed by atoms with Crippen molar-refractivity contribution >= 4 is 0 Å². The van der Waals surface area contributed by atoms with Gasteiger partial charge in [0.05, 0.1) is 6.61 Å². The van der Waals surface area contributed by atoms with Gasteiger partial charge in [-0.2, -0.15) is 0 Å². The van der Waals surface area contributed by atoms with Crippen molar-refractivity contribution in [1.29, 1.82) is 0 Å². The first-order valence-corrected chi connectivity index (χ1v) is 5.03. The monoisotopic (exact) mass is 261 g/mol. The van der Waals surface area contributed by atoms with E-state index < -0.39 is 48.2 Å². The molecule has 1 aliphatic rings. The number of hydrogen-bond donors (Lipinski definition) is 5. The summed E-state index contributed by atoms with van der Waals surface area (Å²) in [5.74, 6) is 0. The topological polar surface area (TPSA) is 158 Å². The molecule has 1 aromatic heterocycles. The summed E-state index contributed by atoms with van der Waals surface area (Å²) >= 11 is 0. The van der Waals surface area contributed by atoms with E-state index in [2.05, 4.69) is 0 Å². The van der Waals surface area contributed by atoms with Crippen LogP contribution in [0.4, 0.5) is 0 Å². The maximum Gasteiger partial charge on any atom is 0.335 e. The van der Waals surface area contributed by atoms with Gasteiger partial charge in [0.25, 0.3) is 0 Å². The maximum atomic E-state index is 11.4. The molecular formula is C8H11N3O7. The number of aliphatic hydroxyl groups excluding tert-OH is 3. The Morgan fingerprint density at radius 2 is 1.67 bits per heavy atom. The highest BCUT2D eigenvalue weighted by Gasteiger charge is 2.44. The fraction of sp³-hybridized carbons (Fsp3) is 0.625. The van der Waals surface area contributed by atoms with Gasteiger partial charge in [-0.25, -0.2) is 19.0 Å². The van der Waals surface area contributed by atoms with Crippen LogP contribution >= 0.6 is 0 Å². The molecule has 0 aliphatic carbocycles. The number of H-pyrrole nitrogens is 2. The Bertz CT molecular complexity index is 567. The van der Waals surface area contributed by atoms with Gasteiger partial charge in [0, 0.05) is 0 Å². The van der Waals surface area contributed by atoms with Crippen LogP contribution in [0.2, 0.25) is 0 Å². The van der Waals surface area contributed by atoms with E-state index in [4.69, 9.17) is 9.84 Å². The Hall–Kier alpha value is -1.75. The molecule has 100 valence electrons. The smallest absolute Gasteiger partial charge is 0.335 e. The van der Waals surface area contributed by atoms with Gasteiger partial charge in [0.1, 0.15) is 18.3 Å². The van der Waals surface area contributed by atoms with Crippen molar-refractivity contribution in [3.63, 3.8) is 0 Å². The highest BCUT2D eigenvalue weighted by atomic mass is 16.6. The van der Waals surface area contributed by atoms with Crippen LogP contribution in [-0.4, -0.2) is 54.8 Å². The third kappa shape index (κ3) is 1.90. The molecule has 0 amide bonds. The lowest BCUT2D eigenvalue weighted by Gasteiger charge is -2.15. The predicted molar refractivity (Wildman–Crippen MR) is 55.0 cm³/mol. The van der Waals surface area contributed by atoms with E-state index in [0.29, 0.717) is 4.57 Å².